The zero-order chi connectivity index (χ0) is 16.9. The fraction of sp³-hybridized carbons (Fsp3) is 0.600. The van der Waals surface area contributed by atoms with Gasteiger partial charge in [-0.05, 0) is 32.8 Å². The molecular formula is C20H24N2O2. The summed E-state index contributed by atoms with van der Waals surface area (Å²) in [6.45, 7) is 6.41. The maximum absolute atomic E-state index is 13.2. The number of benzene rings is 1. The van der Waals surface area contributed by atoms with E-state index in [2.05, 4.69) is 26.1 Å². The number of hydrogen-bond acceptors (Lipinski definition) is 4. The van der Waals surface area contributed by atoms with Crippen molar-refractivity contribution in [1.29, 1.82) is 0 Å². The van der Waals surface area contributed by atoms with E-state index in [1.165, 1.54) is 0 Å². The minimum Gasteiger partial charge on any atom is -0.379 e. The summed E-state index contributed by atoms with van der Waals surface area (Å²) >= 11 is 0. The number of aliphatic hydroxyl groups is 1. The number of hydrogen-bond donors (Lipinski definition) is 2. The van der Waals surface area contributed by atoms with Crippen molar-refractivity contribution in [2.24, 2.45) is 22.2 Å². The Morgan fingerprint density at radius 2 is 2.00 bits per heavy atom. The molecule has 0 unspecified atom stereocenters. The summed E-state index contributed by atoms with van der Waals surface area (Å²) in [6.07, 6.45) is 2.32. The van der Waals surface area contributed by atoms with Gasteiger partial charge in [0.15, 0.2) is 0 Å². The van der Waals surface area contributed by atoms with Crippen molar-refractivity contribution in [1.82, 2.24) is 5.32 Å². The second kappa shape index (κ2) is 4.17. The van der Waals surface area contributed by atoms with Gasteiger partial charge in [0.2, 0.25) is 0 Å². The number of Topliss-reactive ketones (excluding diaryl/α,β-unsaturated/α-hetero) is 1. The lowest BCUT2D eigenvalue weighted by Gasteiger charge is -2.61. The second-order valence-electron chi connectivity index (χ2n) is 8.90. The lowest BCUT2D eigenvalue weighted by Crippen LogP contribution is -2.73. The monoisotopic (exact) mass is 324 g/mol. The van der Waals surface area contributed by atoms with Crippen LogP contribution in [0, 0.1) is 17.3 Å². The molecule has 2 saturated carbocycles. The molecule has 24 heavy (non-hydrogen) atoms. The van der Waals surface area contributed by atoms with Crippen LogP contribution in [0.3, 0.4) is 0 Å². The molecule has 4 nitrogen and oxygen atoms in total. The van der Waals surface area contributed by atoms with Crippen LogP contribution in [0.5, 0.6) is 0 Å². The van der Waals surface area contributed by atoms with E-state index < -0.39 is 5.60 Å². The van der Waals surface area contributed by atoms with E-state index in [4.69, 9.17) is 4.99 Å². The molecule has 2 bridgehead atoms. The molecule has 126 valence electrons. The van der Waals surface area contributed by atoms with Crippen LogP contribution in [0.1, 0.15) is 45.6 Å². The summed E-state index contributed by atoms with van der Waals surface area (Å²) in [5.74, 6) is 0.373. The highest BCUT2D eigenvalue weighted by atomic mass is 16.3. The number of nitrogens with zero attached hydrogens (tertiary/aromatic N) is 1. The lowest BCUT2D eigenvalue weighted by atomic mass is 9.48. The molecule has 1 saturated heterocycles. The topological polar surface area (TPSA) is 61.7 Å². The van der Waals surface area contributed by atoms with Crippen molar-refractivity contribution in [3.8, 4) is 0 Å². The maximum atomic E-state index is 13.2. The van der Waals surface area contributed by atoms with Gasteiger partial charge in [-0.1, -0.05) is 25.1 Å². The Labute approximate surface area is 142 Å². The fourth-order valence-corrected chi connectivity index (χ4v) is 6.11. The fourth-order valence-electron chi connectivity index (χ4n) is 6.11. The van der Waals surface area contributed by atoms with E-state index in [9.17, 15) is 9.90 Å². The molecule has 4 heteroatoms. The van der Waals surface area contributed by atoms with Crippen molar-refractivity contribution in [3.63, 3.8) is 0 Å². The number of fused-ring (bicyclic) bond motifs is 5. The van der Waals surface area contributed by atoms with Crippen LogP contribution in [-0.4, -0.2) is 28.2 Å². The van der Waals surface area contributed by atoms with Crippen LogP contribution in [0.15, 0.2) is 29.3 Å². The molecule has 0 spiro atoms. The van der Waals surface area contributed by atoms with Crippen LogP contribution in [-0.2, 0) is 10.4 Å². The molecule has 3 fully saturated rings. The smallest absolute Gasteiger partial charge is 0.143 e. The Kier molecular flexibility index (Phi) is 2.57. The highest BCUT2D eigenvalue weighted by Gasteiger charge is 2.67. The molecule has 1 aromatic rings. The Hall–Kier alpha value is -1.52. The number of rotatable bonds is 0. The highest BCUT2D eigenvalue weighted by molar-refractivity contribution is 6.08. The summed E-state index contributed by atoms with van der Waals surface area (Å²) in [6, 6.07) is 7.88. The maximum Gasteiger partial charge on any atom is 0.143 e. The van der Waals surface area contributed by atoms with Crippen molar-refractivity contribution in [2.45, 2.75) is 57.2 Å². The number of ketones is 1. The zero-order valence-corrected chi connectivity index (χ0v) is 14.5. The van der Waals surface area contributed by atoms with E-state index in [0.29, 0.717) is 12.2 Å². The largest absolute Gasteiger partial charge is 0.379 e. The van der Waals surface area contributed by atoms with E-state index in [0.717, 1.165) is 29.8 Å². The van der Waals surface area contributed by atoms with Gasteiger partial charge in [-0.2, -0.15) is 0 Å². The molecule has 2 N–H and O–H groups in total. The second-order valence-corrected chi connectivity index (χ2v) is 8.90. The average molecular weight is 324 g/mol. The third-order valence-electron chi connectivity index (χ3n) is 7.15. The van der Waals surface area contributed by atoms with Gasteiger partial charge in [0.25, 0.3) is 0 Å². The van der Waals surface area contributed by atoms with Gasteiger partial charge < -0.3 is 10.4 Å². The third-order valence-corrected chi connectivity index (χ3v) is 7.15. The number of aliphatic imine (C=N–C) groups is 1. The number of carbonyl (C=O) groups excluding carboxylic acids is 1. The van der Waals surface area contributed by atoms with E-state index in [1.807, 2.05) is 24.3 Å². The first-order valence-electron chi connectivity index (χ1n) is 9.00. The number of nitrogens with one attached hydrogen (secondary N) is 1. The Morgan fingerprint density at radius 1 is 1.25 bits per heavy atom. The number of piperidine rings is 1. The van der Waals surface area contributed by atoms with Crippen LogP contribution in [0.4, 0.5) is 5.69 Å². The van der Waals surface area contributed by atoms with Crippen molar-refractivity contribution >= 4 is 17.2 Å². The minimum atomic E-state index is -1.04. The summed E-state index contributed by atoms with van der Waals surface area (Å²) in [4.78, 5) is 18.1. The first-order chi connectivity index (χ1) is 11.3. The SMILES string of the molecule is CC1(C)N[C@@H]2C[C@]3(O)C(=Nc4ccccc43)[C@]3(C)CC[C@H]1C(=O)[C@H]23. The predicted molar refractivity (Wildman–Crippen MR) is 92.4 cm³/mol. The Morgan fingerprint density at radius 3 is 2.79 bits per heavy atom. The summed E-state index contributed by atoms with van der Waals surface area (Å²) < 4.78 is 0. The molecule has 0 radical (unpaired) electrons. The molecule has 1 aromatic carbocycles. The first kappa shape index (κ1) is 14.8. The summed E-state index contributed by atoms with van der Waals surface area (Å²) in [5, 5.41) is 15.4. The molecule has 5 atom stereocenters. The number of carbonyl (C=O) groups is 1. The van der Waals surface area contributed by atoms with Crippen LogP contribution < -0.4 is 5.32 Å². The Bertz CT molecular complexity index is 799. The van der Waals surface area contributed by atoms with Gasteiger partial charge in [-0.15, -0.1) is 0 Å². The van der Waals surface area contributed by atoms with Gasteiger partial charge in [-0.25, -0.2) is 0 Å². The van der Waals surface area contributed by atoms with Gasteiger partial charge in [-0.3, -0.25) is 9.79 Å². The lowest BCUT2D eigenvalue weighted by molar-refractivity contribution is -0.148. The normalized spacial score (nSPS) is 44.6. The summed E-state index contributed by atoms with van der Waals surface area (Å²) in [7, 11) is 0. The molecule has 0 amide bonds. The molecule has 0 aromatic heterocycles. The molecule has 4 aliphatic rings. The highest BCUT2D eigenvalue weighted by Crippen LogP contribution is 2.60. The van der Waals surface area contributed by atoms with E-state index >= 15 is 0 Å². The Balaban J connectivity index is 1.72. The average Bonchev–Trinajstić information content (AvgIpc) is 2.80. The molecule has 5 rings (SSSR count). The van der Waals surface area contributed by atoms with Crippen molar-refractivity contribution in [3.05, 3.63) is 29.8 Å². The minimum absolute atomic E-state index is 0.00385. The van der Waals surface area contributed by atoms with Crippen molar-refractivity contribution in [2.75, 3.05) is 0 Å². The van der Waals surface area contributed by atoms with Gasteiger partial charge >= 0.3 is 0 Å². The predicted octanol–water partition coefficient (Wildman–Crippen LogP) is 2.72. The van der Waals surface area contributed by atoms with E-state index in [1.54, 1.807) is 0 Å². The zero-order valence-electron chi connectivity index (χ0n) is 14.5. The van der Waals surface area contributed by atoms with Crippen LogP contribution >= 0.6 is 0 Å². The van der Waals surface area contributed by atoms with Crippen LogP contribution in [0.2, 0.25) is 0 Å². The molecule has 2 aliphatic carbocycles. The quantitative estimate of drug-likeness (QED) is 0.771. The molecule has 2 heterocycles. The first-order valence-corrected chi connectivity index (χ1v) is 9.00. The van der Waals surface area contributed by atoms with Gasteiger partial charge in [0.1, 0.15) is 11.4 Å². The third kappa shape index (κ3) is 1.52. The standard InChI is InChI=1S/C20H24N2O2/c1-18(2)12-8-9-19(3)15(16(12)23)14(22-18)10-20(24)11-6-4-5-7-13(11)21-17(19)20/h4-7,12,14-15,22,24H,8-10H2,1-3H3/t12-,14+,15-,19+,20+/m0/s1. The molecular weight excluding hydrogens is 300 g/mol. The van der Waals surface area contributed by atoms with Crippen LogP contribution in [0.25, 0.3) is 0 Å². The molecule has 2 aliphatic heterocycles. The van der Waals surface area contributed by atoms with Gasteiger partial charge in [0.05, 0.1) is 11.4 Å². The van der Waals surface area contributed by atoms with Crippen molar-refractivity contribution < 1.29 is 9.90 Å². The number of para-hydroxylation sites is 1. The van der Waals surface area contributed by atoms with Gasteiger partial charge in [0, 0.05) is 40.8 Å². The van der Waals surface area contributed by atoms with E-state index in [-0.39, 0.29) is 28.8 Å². The summed E-state index contributed by atoms with van der Waals surface area (Å²) in [5.41, 5.74) is 0.991.